The fraction of sp³-hybridized carbons (Fsp3) is 0.364. The lowest BCUT2D eigenvalue weighted by atomic mass is 10.1. The molecule has 0 spiro atoms. The molecule has 168 valence electrons. The maximum absolute atomic E-state index is 14.2. The van der Waals surface area contributed by atoms with Crippen LogP contribution in [0, 0.1) is 5.82 Å². The Morgan fingerprint density at radius 1 is 1.06 bits per heavy atom. The van der Waals surface area contributed by atoms with Crippen LogP contribution in [0.4, 0.5) is 9.52 Å². The van der Waals surface area contributed by atoms with Gasteiger partial charge in [0.15, 0.2) is 16.6 Å². The largest absolute Gasteiger partial charge is 0.493 e. The summed E-state index contributed by atoms with van der Waals surface area (Å²) < 4.78 is 25.5. The molecule has 0 unspecified atom stereocenters. The zero-order valence-electron chi connectivity index (χ0n) is 18.1. The number of halogens is 2. The van der Waals surface area contributed by atoms with E-state index in [0.29, 0.717) is 40.0 Å². The van der Waals surface area contributed by atoms with Crippen LogP contribution in [0.2, 0.25) is 0 Å². The number of thiazole rings is 1. The number of ether oxygens (including phenoxy) is 2. The predicted octanol–water partition coefficient (Wildman–Crippen LogP) is 4.86. The molecule has 0 aliphatic heterocycles. The number of hydrogen-bond acceptors (Lipinski definition) is 6. The van der Waals surface area contributed by atoms with E-state index in [-0.39, 0.29) is 23.8 Å². The number of para-hydroxylation sites is 1. The highest BCUT2D eigenvalue weighted by Gasteiger charge is 2.23. The van der Waals surface area contributed by atoms with Crippen molar-refractivity contribution in [1.82, 2.24) is 9.88 Å². The number of aromatic nitrogens is 1. The number of benzene rings is 2. The molecule has 1 amide bonds. The molecule has 0 atom stereocenters. The Balaban J connectivity index is 0.00000341. The van der Waals surface area contributed by atoms with E-state index in [1.807, 2.05) is 6.07 Å². The van der Waals surface area contributed by atoms with Crippen molar-refractivity contribution in [1.29, 1.82) is 0 Å². The second-order valence-electron chi connectivity index (χ2n) is 6.64. The first-order valence-electron chi connectivity index (χ1n) is 9.83. The van der Waals surface area contributed by atoms with Crippen molar-refractivity contribution in [3.63, 3.8) is 0 Å². The fourth-order valence-electron chi connectivity index (χ4n) is 3.21. The molecule has 0 saturated carbocycles. The number of hydrogen-bond donors (Lipinski definition) is 0. The molecule has 0 radical (unpaired) electrons. The minimum atomic E-state index is -0.391. The van der Waals surface area contributed by atoms with Crippen LogP contribution in [0.25, 0.3) is 10.2 Å². The number of rotatable bonds is 9. The third-order valence-corrected chi connectivity index (χ3v) is 6.04. The van der Waals surface area contributed by atoms with Gasteiger partial charge in [-0.1, -0.05) is 31.3 Å². The van der Waals surface area contributed by atoms with Gasteiger partial charge in [0, 0.05) is 18.7 Å². The number of methoxy groups -OCH3 is 2. The highest BCUT2D eigenvalue weighted by atomic mass is 35.5. The van der Waals surface area contributed by atoms with Crippen LogP contribution in [0.15, 0.2) is 36.4 Å². The molecule has 3 aromatic rings. The minimum Gasteiger partial charge on any atom is -0.493 e. The first-order valence-corrected chi connectivity index (χ1v) is 10.6. The molecule has 1 heterocycles. The molecule has 1 aromatic heterocycles. The Morgan fingerprint density at radius 3 is 2.39 bits per heavy atom. The zero-order valence-corrected chi connectivity index (χ0v) is 19.7. The molecular weight excluding hydrogens is 441 g/mol. The van der Waals surface area contributed by atoms with Gasteiger partial charge < -0.3 is 14.4 Å². The van der Waals surface area contributed by atoms with Crippen molar-refractivity contribution in [2.75, 3.05) is 45.3 Å². The van der Waals surface area contributed by atoms with Crippen LogP contribution in [0.5, 0.6) is 11.5 Å². The van der Waals surface area contributed by atoms with Gasteiger partial charge in [-0.25, -0.2) is 9.37 Å². The number of carbonyl (C=O) groups excluding carboxylic acids is 1. The summed E-state index contributed by atoms with van der Waals surface area (Å²) in [4.78, 5) is 21.7. The topological polar surface area (TPSA) is 54.9 Å². The van der Waals surface area contributed by atoms with Crippen LogP contribution in [-0.2, 0) is 0 Å². The summed E-state index contributed by atoms with van der Waals surface area (Å²) in [7, 11) is 3.08. The van der Waals surface area contributed by atoms with E-state index in [1.54, 1.807) is 36.3 Å². The fourth-order valence-corrected chi connectivity index (χ4v) is 4.21. The van der Waals surface area contributed by atoms with Gasteiger partial charge in [-0.3, -0.25) is 9.69 Å². The summed E-state index contributed by atoms with van der Waals surface area (Å²) in [5, 5.41) is 0.474. The standard InChI is InChI=1S/C22H26FN3O3S.ClH/c1-5-25(6-2)12-13-26(22-24-20-16(23)8-7-9-19(20)30-22)21(27)15-10-11-17(28-3)18(14-15)29-4;/h7-11,14H,5-6,12-13H2,1-4H3;1H. The molecule has 3 rings (SSSR count). The SMILES string of the molecule is CCN(CC)CCN(C(=O)c1ccc(OC)c(OC)c1)c1nc2c(F)cccc2s1.Cl. The van der Waals surface area contributed by atoms with Gasteiger partial charge in [0.1, 0.15) is 11.3 Å². The van der Waals surface area contributed by atoms with Crippen LogP contribution in [0.1, 0.15) is 24.2 Å². The van der Waals surface area contributed by atoms with Gasteiger partial charge >= 0.3 is 0 Å². The smallest absolute Gasteiger partial charge is 0.260 e. The Hall–Kier alpha value is -2.42. The molecule has 31 heavy (non-hydrogen) atoms. The third kappa shape index (κ3) is 5.44. The Labute approximate surface area is 192 Å². The normalized spacial score (nSPS) is 10.8. The molecule has 0 aliphatic rings. The molecule has 0 aliphatic carbocycles. The molecule has 6 nitrogen and oxygen atoms in total. The van der Waals surface area contributed by atoms with Crippen LogP contribution < -0.4 is 14.4 Å². The van der Waals surface area contributed by atoms with Crippen molar-refractivity contribution in [2.24, 2.45) is 0 Å². The van der Waals surface area contributed by atoms with Crippen molar-refractivity contribution in [3.05, 3.63) is 47.8 Å². The molecule has 0 fully saturated rings. The maximum Gasteiger partial charge on any atom is 0.260 e. The number of nitrogens with zero attached hydrogens (tertiary/aromatic N) is 3. The molecule has 0 bridgehead atoms. The summed E-state index contributed by atoms with van der Waals surface area (Å²) in [6, 6.07) is 9.88. The number of anilines is 1. The van der Waals surface area contributed by atoms with Crippen molar-refractivity contribution >= 4 is 45.0 Å². The van der Waals surface area contributed by atoms with Gasteiger partial charge in [-0.15, -0.1) is 12.4 Å². The van der Waals surface area contributed by atoms with Crippen LogP contribution >= 0.6 is 23.7 Å². The summed E-state index contributed by atoms with van der Waals surface area (Å²) >= 11 is 1.31. The first-order chi connectivity index (χ1) is 14.5. The maximum atomic E-state index is 14.2. The Bertz CT molecular complexity index is 1030. The summed E-state index contributed by atoms with van der Waals surface area (Å²) in [5.41, 5.74) is 0.734. The van der Waals surface area contributed by atoms with E-state index in [1.165, 1.54) is 24.5 Å². The van der Waals surface area contributed by atoms with Gasteiger partial charge in [0.2, 0.25) is 0 Å². The number of fused-ring (bicyclic) bond motifs is 1. The highest BCUT2D eigenvalue weighted by molar-refractivity contribution is 7.22. The average Bonchev–Trinajstić information content (AvgIpc) is 3.21. The van der Waals surface area contributed by atoms with Gasteiger partial charge in [0.05, 0.1) is 18.9 Å². The third-order valence-electron chi connectivity index (χ3n) is 5.00. The predicted molar refractivity (Wildman–Crippen MR) is 126 cm³/mol. The first kappa shape index (κ1) is 24.8. The van der Waals surface area contributed by atoms with E-state index >= 15 is 0 Å². The lowest BCUT2D eigenvalue weighted by molar-refractivity contribution is 0.0983. The van der Waals surface area contributed by atoms with E-state index in [0.717, 1.165) is 13.1 Å². The van der Waals surface area contributed by atoms with E-state index in [2.05, 4.69) is 23.7 Å². The number of likely N-dealkylation sites (N-methyl/N-ethyl adjacent to an activating group) is 1. The zero-order chi connectivity index (χ0) is 21.7. The Morgan fingerprint density at radius 2 is 1.77 bits per heavy atom. The van der Waals surface area contributed by atoms with Gasteiger partial charge in [-0.2, -0.15) is 0 Å². The van der Waals surface area contributed by atoms with Crippen molar-refractivity contribution in [2.45, 2.75) is 13.8 Å². The summed E-state index contributed by atoms with van der Waals surface area (Å²) in [5.74, 6) is 0.410. The quantitative estimate of drug-likeness (QED) is 0.449. The minimum absolute atomic E-state index is 0. The molecule has 9 heteroatoms. The van der Waals surface area contributed by atoms with Gasteiger partial charge in [0.25, 0.3) is 5.91 Å². The summed E-state index contributed by atoms with van der Waals surface area (Å²) in [6.45, 7) is 7.04. The molecule has 0 N–H and O–H groups in total. The summed E-state index contributed by atoms with van der Waals surface area (Å²) in [6.07, 6.45) is 0. The number of amides is 1. The van der Waals surface area contributed by atoms with Crippen LogP contribution in [0.3, 0.4) is 0 Å². The van der Waals surface area contributed by atoms with Crippen molar-refractivity contribution in [3.8, 4) is 11.5 Å². The monoisotopic (exact) mass is 467 g/mol. The number of carbonyl (C=O) groups is 1. The van der Waals surface area contributed by atoms with E-state index in [9.17, 15) is 9.18 Å². The van der Waals surface area contributed by atoms with E-state index in [4.69, 9.17) is 9.47 Å². The lowest BCUT2D eigenvalue weighted by Crippen LogP contribution is -2.38. The second-order valence-corrected chi connectivity index (χ2v) is 7.65. The molecular formula is C22H27ClFN3O3S. The van der Waals surface area contributed by atoms with Crippen molar-refractivity contribution < 1.29 is 18.7 Å². The van der Waals surface area contributed by atoms with Gasteiger partial charge in [-0.05, 0) is 43.4 Å². The highest BCUT2D eigenvalue weighted by Crippen LogP contribution is 2.33. The molecule has 2 aromatic carbocycles. The average molecular weight is 468 g/mol. The van der Waals surface area contributed by atoms with E-state index < -0.39 is 5.82 Å². The molecule has 0 saturated heterocycles. The van der Waals surface area contributed by atoms with Crippen LogP contribution in [-0.4, -0.2) is 56.2 Å². The Kier molecular flexibility index (Phi) is 9.03. The lowest BCUT2D eigenvalue weighted by Gasteiger charge is -2.25. The second kappa shape index (κ2) is 11.3.